The Hall–Kier alpha value is -3.28. The van der Waals surface area contributed by atoms with Crippen molar-refractivity contribution in [3.63, 3.8) is 0 Å². The SMILES string of the molecule is Cc1cc(C=N[n+]2cn[nH]c2)c(C)n1-c1ccc2ncccc2c1. The van der Waals surface area contributed by atoms with Crippen LogP contribution in [0.15, 0.2) is 60.4 Å². The third kappa shape index (κ3) is 2.48. The zero-order valence-electron chi connectivity index (χ0n) is 13.5. The van der Waals surface area contributed by atoms with Crippen LogP contribution in [0.4, 0.5) is 0 Å². The molecule has 4 rings (SSSR count). The van der Waals surface area contributed by atoms with Gasteiger partial charge < -0.3 is 4.57 Å². The van der Waals surface area contributed by atoms with Crippen LogP contribution >= 0.6 is 0 Å². The molecular weight excluding hydrogens is 300 g/mol. The fourth-order valence-electron chi connectivity index (χ4n) is 2.93. The molecule has 24 heavy (non-hydrogen) atoms. The molecule has 0 bridgehead atoms. The van der Waals surface area contributed by atoms with Crippen molar-refractivity contribution >= 4 is 17.1 Å². The third-order valence-electron chi connectivity index (χ3n) is 4.09. The van der Waals surface area contributed by atoms with Gasteiger partial charge in [0.15, 0.2) is 0 Å². The van der Waals surface area contributed by atoms with Gasteiger partial charge in [-0.15, -0.1) is 14.9 Å². The molecule has 6 nitrogen and oxygen atoms in total. The summed E-state index contributed by atoms with van der Waals surface area (Å²) in [6.07, 6.45) is 6.96. The van der Waals surface area contributed by atoms with Crippen molar-refractivity contribution in [3.05, 3.63) is 72.2 Å². The number of aromatic amines is 1. The number of nitrogens with zero attached hydrogens (tertiary/aromatic N) is 5. The van der Waals surface area contributed by atoms with E-state index in [2.05, 4.69) is 69.0 Å². The summed E-state index contributed by atoms with van der Waals surface area (Å²) in [4.78, 5) is 4.38. The predicted molar refractivity (Wildman–Crippen MR) is 92.3 cm³/mol. The van der Waals surface area contributed by atoms with Gasteiger partial charge in [-0.1, -0.05) is 6.07 Å². The highest BCUT2D eigenvalue weighted by Gasteiger charge is 2.10. The highest BCUT2D eigenvalue weighted by atomic mass is 15.4. The molecule has 0 aliphatic rings. The van der Waals surface area contributed by atoms with Gasteiger partial charge in [0.25, 0.3) is 6.33 Å². The van der Waals surface area contributed by atoms with Crippen molar-refractivity contribution in [3.8, 4) is 5.69 Å². The number of benzene rings is 1. The second-order valence-electron chi connectivity index (χ2n) is 5.67. The van der Waals surface area contributed by atoms with Crippen LogP contribution in [0.1, 0.15) is 17.0 Å². The maximum Gasteiger partial charge on any atom is 0.288 e. The summed E-state index contributed by atoms with van der Waals surface area (Å²) in [6.45, 7) is 4.20. The quantitative estimate of drug-likeness (QED) is 0.466. The number of pyridine rings is 1. The van der Waals surface area contributed by atoms with Crippen LogP contribution in [-0.4, -0.2) is 26.0 Å². The Labute approximate surface area is 139 Å². The minimum Gasteiger partial charge on any atom is -0.318 e. The summed E-state index contributed by atoms with van der Waals surface area (Å²) >= 11 is 0. The van der Waals surface area contributed by atoms with E-state index in [1.54, 1.807) is 17.3 Å². The molecule has 0 fully saturated rings. The lowest BCUT2D eigenvalue weighted by Gasteiger charge is -2.10. The lowest BCUT2D eigenvalue weighted by Crippen LogP contribution is -2.23. The number of hydrogen-bond donors (Lipinski definition) is 1. The molecule has 118 valence electrons. The van der Waals surface area contributed by atoms with Crippen LogP contribution in [-0.2, 0) is 0 Å². The number of rotatable bonds is 3. The van der Waals surface area contributed by atoms with Crippen molar-refractivity contribution in [1.82, 2.24) is 19.7 Å². The smallest absolute Gasteiger partial charge is 0.288 e. The molecule has 0 spiro atoms. The van der Waals surface area contributed by atoms with E-state index in [4.69, 9.17) is 0 Å². The summed E-state index contributed by atoms with van der Waals surface area (Å²) in [5.41, 5.74) is 5.51. The lowest BCUT2D eigenvalue weighted by atomic mass is 10.2. The number of H-pyrrole nitrogens is 1. The first kappa shape index (κ1) is 14.3. The number of aromatic nitrogens is 5. The van der Waals surface area contributed by atoms with E-state index in [1.807, 2.05) is 18.5 Å². The van der Waals surface area contributed by atoms with Crippen LogP contribution in [0.3, 0.4) is 0 Å². The standard InChI is InChI=1S/C18H16N6/c1-13-8-16(10-22-23-11-20-21-12-23)14(2)24(13)17-5-6-18-15(9-17)4-3-7-19-18/h3-12H,1-2H3/p+1. The molecule has 0 unspecified atom stereocenters. The van der Waals surface area contributed by atoms with Gasteiger partial charge in [0.05, 0.1) is 11.7 Å². The summed E-state index contributed by atoms with van der Waals surface area (Å²) in [5, 5.41) is 12.1. The molecule has 0 saturated carbocycles. The highest BCUT2D eigenvalue weighted by Crippen LogP contribution is 2.22. The van der Waals surface area contributed by atoms with E-state index < -0.39 is 0 Å². The summed E-state index contributed by atoms with van der Waals surface area (Å²) in [6, 6.07) is 12.5. The highest BCUT2D eigenvalue weighted by molar-refractivity contribution is 5.83. The second kappa shape index (κ2) is 5.73. The Morgan fingerprint density at radius 1 is 1.21 bits per heavy atom. The summed E-state index contributed by atoms with van der Waals surface area (Å²) in [5.74, 6) is 0. The molecule has 4 aromatic rings. The fourth-order valence-corrected chi connectivity index (χ4v) is 2.93. The average Bonchev–Trinajstić information content (AvgIpc) is 3.21. The molecule has 6 heteroatoms. The number of fused-ring (bicyclic) bond motifs is 1. The first-order valence-corrected chi connectivity index (χ1v) is 7.71. The normalized spacial score (nSPS) is 11.6. The van der Waals surface area contributed by atoms with E-state index >= 15 is 0 Å². The van der Waals surface area contributed by atoms with Gasteiger partial charge in [-0.05, 0) is 44.2 Å². The molecule has 1 N–H and O–H groups in total. The summed E-state index contributed by atoms with van der Waals surface area (Å²) in [7, 11) is 0. The Morgan fingerprint density at radius 2 is 2.12 bits per heavy atom. The number of hydrogen-bond acceptors (Lipinski definition) is 3. The van der Waals surface area contributed by atoms with Crippen LogP contribution in [0.2, 0.25) is 0 Å². The first-order valence-electron chi connectivity index (χ1n) is 7.71. The maximum atomic E-state index is 4.38. The number of aryl methyl sites for hydroxylation is 1. The van der Waals surface area contributed by atoms with Crippen LogP contribution < -0.4 is 4.68 Å². The van der Waals surface area contributed by atoms with Crippen molar-refractivity contribution in [2.75, 3.05) is 0 Å². The van der Waals surface area contributed by atoms with Crippen LogP contribution in [0, 0.1) is 13.8 Å². The minimum atomic E-state index is 1.00. The van der Waals surface area contributed by atoms with Gasteiger partial charge >= 0.3 is 0 Å². The van der Waals surface area contributed by atoms with Gasteiger partial charge in [0.2, 0.25) is 6.33 Å². The zero-order valence-corrected chi connectivity index (χ0v) is 13.5. The molecule has 0 atom stereocenters. The van der Waals surface area contributed by atoms with Gasteiger partial charge in [0, 0.05) is 39.3 Å². The van der Waals surface area contributed by atoms with Crippen molar-refractivity contribution in [1.29, 1.82) is 0 Å². The minimum absolute atomic E-state index is 1.00. The van der Waals surface area contributed by atoms with Crippen molar-refractivity contribution < 1.29 is 4.68 Å². The second-order valence-corrected chi connectivity index (χ2v) is 5.67. The lowest BCUT2D eigenvalue weighted by molar-refractivity contribution is -0.678. The van der Waals surface area contributed by atoms with E-state index in [9.17, 15) is 0 Å². The molecule has 0 amide bonds. The Bertz CT molecular complexity index is 1030. The van der Waals surface area contributed by atoms with Crippen molar-refractivity contribution in [2.24, 2.45) is 5.10 Å². The molecule has 0 radical (unpaired) electrons. The zero-order chi connectivity index (χ0) is 16.5. The molecule has 3 heterocycles. The molecule has 3 aromatic heterocycles. The van der Waals surface area contributed by atoms with Crippen LogP contribution in [0.25, 0.3) is 16.6 Å². The van der Waals surface area contributed by atoms with Gasteiger partial charge in [-0.25, -0.2) is 0 Å². The monoisotopic (exact) mass is 317 g/mol. The summed E-state index contributed by atoms with van der Waals surface area (Å²) < 4.78 is 3.86. The molecule has 0 aliphatic heterocycles. The molecule has 0 aliphatic carbocycles. The van der Waals surface area contributed by atoms with Crippen LogP contribution in [0.5, 0.6) is 0 Å². The first-order chi connectivity index (χ1) is 11.7. The predicted octanol–water partition coefficient (Wildman–Crippen LogP) is 2.54. The maximum absolute atomic E-state index is 4.38. The molecule has 1 aromatic carbocycles. The van der Waals surface area contributed by atoms with Crippen molar-refractivity contribution in [2.45, 2.75) is 13.8 Å². The average molecular weight is 317 g/mol. The van der Waals surface area contributed by atoms with Gasteiger partial charge in [-0.3, -0.25) is 4.98 Å². The molecule has 0 saturated heterocycles. The van der Waals surface area contributed by atoms with E-state index in [-0.39, 0.29) is 0 Å². The van der Waals surface area contributed by atoms with E-state index in [1.165, 1.54) is 0 Å². The Kier molecular flexibility index (Phi) is 3.42. The van der Waals surface area contributed by atoms with E-state index in [0.29, 0.717) is 0 Å². The van der Waals surface area contributed by atoms with Gasteiger partial charge in [-0.2, -0.15) is 0 Å². The topological polar surface area (TPSA) is 62.7 Å². The van der Waals surface area contributed by atoms with E-state index in [0.717, 1.165) is 33.5 Å². The largest absolute Gasteiger partial charge is 0.318 e. The molecular formula is C18H17N6+. The van der Waals surface area contributed by atoms with Gasteiger partial charge in [0.1, 0.15) is 0 Å². The fraction of sp³-hybridized carbons (Fsp3) is 0.111. The Morgan fingerprint density at radius 3 is 2.96 bits per heavy atom. The Balaban J connectivity index is 1.77. The number of nitrogens with one attached hydrogen (secondary N) is 1. The third-order valence-corrected chi connectivity index (χ3v) is 4.09.